The quantitative estimate of drug-likeness (QED) is 0.357. The van der Waals surface area contributed by atoms with Crippen LogP contribution in [0.25, 0.3) is 16.7 Å². The summed E-state index contributed by atoms with van der Waals surface area (Å²) in [5.41, 5.74) is 1.06. The van der Waals surface area contributed by atoms with Gasteiger partial charge in [0, 0.05) is 11.6 Å². The van der Waals surface area contributed by atoms with Crippen molar-refractivity contribution in [3.63, 3.8) is 0 Å². The molecule has 0 aliphatic rings. The van der Waals surface area contributed by atoms with Crippen LogP contribution in [0.2, 0.25) is 10.0 Å². The highest BCUT2D eigenvalue weighted by atomic mass is 35.5. The number of carbonyl (C=O) groups is 1. The van der Waals surface area contributed by atoms with Crippen LogP contribution in [0.5, 0.6) is 0 Å². The van der Waals surface area contributed by atoms with Gasteiger partial charge in [0.1, 0.15) is 0 Å². The van der Waals surface area contributed by atoms with E-state index in [0.29, 0.717) is 44.1 Å². The van der Waals surface area contributed by atoms with Gasteiger partial charge in [-0.2, -0.15) is 0 Å². The number of nitrogens with one attached hydrogen (secondary N) is 1. The van der Waals surface area contributed by atoms with Crippen molar-refractivity contribution >= 4 is 63.2 Å². The van der Waals surface area contributed by atoms with E-state index in [0.717, 1.165) is 12.8 Å². The number of hydrogen-bond donors (Lipinski definition) is 1. The van der Waals surface area contributed by atoms with E-state index in [-0.39, 0.29) is 11.5 Å². The molecule has 1 N–H and O–H groups in total. The average molecular weight is 490 g/mol. The molecule has 2 heterocycles. The van der Waals surface area contributed by atoms with E-state index >= 15 is 0 Å². The second-order valence-corrected chi connectivity index (χ2v) is 9.47. The van der Waals surface area contributed by atoms with E-state index < -0.39 is 5.25 Å². The van der Waals surface area contributed by atoms with Crippen LogP contribution in [0, 0.1) is 0 Å². The number of fused-ring (bicyclic) bond motifs is 3. The fraction of sp³-hybridized carbons (Fsp3) is 0.273. The summed E-state index contributed by atoms with van der Waals surface area (Å²) in [6.45, 7) is 4.39. The monoisotopic (exact) mass is 489 g/mol. The minimum absolute atomic E-state index is 0.0908. The lowest BCUT2D eigenvalue weighted by atomic mass is 10.2. The van der Waals surface area contributed by atoms with Crippen molar-refractivity contribution < 1.29 is 4.79 Å². The van der Waals surface area contributed by atoms with Gasteiger partial charge in [-0.25, -0.2) is 0 Å². The number of nitrogens with zero attached hydrogens (tertiary/aromatic N) is 4. The molecular formula is C22H21Cl2N5O2S. The van der Waals surface area contributed by atoms with Gasteiger partial charge >= 0.3 is 0 Å². The number of benzene rings is 2. The molecule has 2 aromatic carbocycles. The molecule has 4 rings (SSSR count). The molecule has 1 atom stereocenters. The summed E-state index contributed by atoms with van der Waals surface area (Å²) in [5, 5.41) is 12.9. The molecule has 0 aliphatic heterocycles. The topological polar surface area (TPSA) is 81.3 Å². The van der Waals surface area contributed by atoms with Crippen LogP contribution in [-0.2, 0) is 11.3 Å². The number of amides is 1. The van der Waals surface area contributed by atoms with Crippen molar-refractivity contribution in [3.8, 4) is 0 Å². The largest absolute Gasteiger partial charge is 0.324 e. The Morgan fingerprint density at radius 1 is 1.19 bits per heavy atom. The molecule has 0 fully saturated rings. The van der Waals surface area contributed by atoms with Gasteiger partial charge in [-0.1, -0.05) is 60.4 Å². The third-order valence-electron chi connectivity index (χ3n) is 5.05. The van der Waals surface area contributed by atoms with Crippen LogP contribution in [0.4, 0.5) is 5.69 Å². The Kier molecular flexibility index (Phi) is 6.74. The summed E-state index contributed by atoms with van der Waals surface area (Å²) in [6, 6.07) is 12.2. The zero-order chi connectivity index (χ0) is 22.8. The van der Waals surface area contributed by atoms with Crippen molar-refractivity contribution in [2.45, 2.75) is 43.6 Å². The zero-order valence-corrected chi connectivity index (χ0v) is 19.8. The van der Waals surface area contributed by atoms with Gasteiger partial charge in [0.15, 0.2) is 5.16 Å². The van der Waals surface area contributed by atoms with Crippen molar-refractivity contribution in [1.82, 2.24) is 19.2 Å². The first-order valence-corrected chi connectivity index (χ1v) is 11.8. The summed E-state index contributed by atoms with van der Waals surface area (Å²) in [7, 11) is 0. The van der Waals surface area contributed by atoms with E-state index in [9.17, 15) is 9.59 Å². The van der Waals surface area contributed by atoms with Crippen LogP contribution >= 0.6 is 35.0 Å². The van der Waals surface area contributed by atoms with E-state index in [2.05, 4.69) is 22.4 Å². The van der Waals surface area contributed by atoms with Crippen molar-refractivity contribution in [2.24, 2.45) is 0 Å². The molecule has 0 radical (unpaired) electrons. The number of thioether (sulfide) groups is 1. The highest BCUT2D eigenvalue weighted by Gasteiger charge is 2.22. The SMILES string of the molecule is CCCCn1c(=O)c2ccccc2n2c(SC(C)C(=O)Nc3cc(Cl)ccc3Cl)nnc12. The second-order valence-electron chi connectivity index (χ2n) is 7.32. The van der Waals surface area contributed by atoms with Crippen molar-refractivity contribution in [1.29, 1.82) is 0 Å². The number of unbranched alkanes of at least 4 members (excludes halogenated alkanes) is 1. The average Bonchev–Trinajstić information content (AvgIpc) is 3.19. The van der Waals surface area contributed by atoms with Gasteiger partial charge in [-0.3, -0.25) is 18.6 Å². The summed E-state index contributed by atoms with van der Waals surface area (Å²) < 4.78 is 3.49. The molecule has 1 unspecified atom stereocenters. The number of halogens is 2. The van der Waals surface area contributed by atoms with E-state index in [1.165, 1.54) is 11.8 Å². The summed E-state index contributed by atoms with van der Waals surface area (Å²) in [4.78, 5) is 25.9. The number of anilines is 1. The Morgan fingerprint density at radius 2 is 1.97 bits per heavy atom. The predicted octanol–water partition coefficient (Wildman–Crippen LogP) is 5.27. The van der Waals surface area contributed by atoms with Gasteiger partial charge in [0.05, 0.1) is 26.9 Å². The fourth-order valence-electron chi connectivity index (χ4n) is 3.37. The predicted molar refractivity (Wildman–Crippen MR) is 130 cm³/mol. The first-order chi connectivity index (χ1) is 15.4. The number of para-hydroxylation sites is 1. The van der Waals surface area contributed by atoms with Crippen molar-refractivity contribution in [3.05, 3.63) is 62.9 Å². The Bertz CT molecular complexity index is 1370. The maximum absolute atomic E-state index is 13.0. The third kappa shape index (κ3) is 4.35. The first kappa shape index (κ1) is 22.6. The highest BCUT2D eigenvalue weighted by molar-refractivity contribution is 8.00. The number of rotatable bonds is 7. The Morgan fingerprint density at radius 3 is 2.75 bits per heavy atom. The minimum Gasteiger partial charge on any atom is -0.324 e. The second kappa shape index (κ2) is 9.52. The van der Waals surface area contributed by atoms with E-state index in [1.54, 1.807) is 35.8 Å². The molecule has 10 heteroatoms. The molecular weight excluding hydrogens is 469 g/mol. The molecule has 0 aliphatic carbocycles. The lowest BCUT2D eigenvalue weighted by molar-refractivity contribution is -0.115. The first-order valence-electron chi connectivity index (χ1n) is 10.2. The smallest absolute Gasteiger partial charge is 0.262 e. The Balaban J connectivity index is 1.70. The molecule has 32 heavy (non-hydrogen) atoms. The standard InChI is InChI=1S/C22H21Cl2N5O2S/c1-3-4-11-28-20(31)15-7-5-6-8-18(15)29-21(28)26-27-22(29)32-13(2)19(30)25-17-12-14(23)9-10-16(17)24/h5-10,12-13H,3-4,11H2,1-2H3,(H,25,30). The molecule has 0 saturated carbocycles. The van der Waals surface area contributed by atoms with Gasteiger partial charge in [-0.05, 0) is 43.7 Å². The number of carbonyl (C=O) groups excluding carboxylic acids is 1. The lowest BCUT2D eigenvalue weighted by Crippen LogP contribution is -2.24. The van der Waals surface area contributed by atoms with Crippen LogP contribution in [0.1, 0.15) is 26.7 Å². The normalized spacial score (nSPS) is 12.4. The van der Waals surface area contributed by atoms with Crippen LogP contribution < -0.4 is 10.9 Å². The van der Waals surface area contributed by atoms with Crippen LogP contribution in [0.15, 0.2) is 52.4 Å². The van der Waals surface area contributed by atoms with E-state index in [4.69, 9.17) is 23.2 Å². The molecule has 0 saturated heterocycles. The molecule has 7 nitrogen and oxygen atoms in total. The van der Waals surface area contributed by atoms with Crippen LogP contribution in [0.3, 0.4) is 0 Å². The van der Waals surface area contributed by atoms with Gasteiger partial charge in [0.2, 0.25) is 11.7 Å². The summed E-state index contributed by atoms with van der Waals surface area (Å²) in [6.07, 6.45) is 1.80. The number of aryl methyl sites for hydroxylation is 1. The highest BCUT2D eigenvalue weighted by Crippen LogP contribution is 2.29. The number of hydrogen-bond acceptors (Lipinski definition) is 5. The summed E-state index contributed by atoms with van der Waals surface area (Å²) >= 11 is 13.4. The molecule has 0 bridgehead atoms. The zero-order valence-electron chi connectivity index (χ0n) is 17.5. The van der Waals surface area contributed by atoms with Gasteiger partial charge in [-0.15, -0.1) is 10.2 Å². The summed E-state index contributed by atoms with van der Waals surface area (Å²) in [5.74, 6) is 0.217. The third-order valence-corrected chi connectivity index (χ3v) is 6.66. The molecule has 1 amide bonds. The maximum atomic E-state index is 13.0. The van der Waals surface area contributed by atoms with Gasteiger partial charge in [0.25, 0.3) is 5.56 Å². The Hall–Kier alpha value is -2.55. The van der Waals surface area contributed by atoms with Crippen LogP contribution in [-0.4, -0.2) is 30.3 Å². The maximum Gasteiger partial charge on any atom is 0.262 e. The van der Waals surface area contributed by atoms with E-state index in [1.807, 2.05) is 22.6 Å². The molecule has 2 aromatic heterocycles. The molecule has 4 aromatic rings. The fourth-order valence-corrected chi connectivity index (χ4v) is 4.56. The van der Waals surface area contributed by atoms with Gasteiger partial charge < -0.3 is 5.32 Å². The minimum atomic E-state index is -0.507. The molecule has 0 spiro atoms. The number of aromatic nitrogens is 4. The van der Waals surface area contributed by atoms with Crippen molar-refractivity contribution in [2.75, 3.05) is 5.32 Å². The Labute approximate surface area is 198 Å². The lowest BCUT2D eigenvalue weighted by Gasteiger charge is -2.14. The molecule has 166 valence electrons.